The summed E-state index contributed by atoms with van der Waals surface area (Å²) in [4.78, 5) is 14.3. The van der Waals surface area contributed by atoms with E-state index in [1.54, 1.807) is 24.4 Å². The average molecular weight is 284 g/mol. The third kappa shape index (κ3) is 2.83. The van der Waals surface area contributed by atoms with Crippen LogP contribution >= 0.6 is 0 Å². The fourth-order valence-electron chi connectivity index (χ4n) is 2.27. The Balaban J connectivity index is 1.85. The minimum absolute atomic E-state index is 0.105. The Morgan fingerprint density at radius 1 is 1.14 bits per heavy atom. The maximum atomic E-state index is 11.7. The Labute approximate surface area is 120 Å². The molecule has 0 saturated carbocycles. The molecule has 2 heterocycles. The normalized spacial score (nSPS) is 10.8. The minimum Gasteiger partial charge on any atom is -0.512 e. The first-order valence-electron chi connectivity index (χ1n) is 6.42. The van der Waals surface area contributed by atoms with E-state index < -0.39 is 7.32 Å². The van der Waals surface area contributed by atoms with E-state index in [9.17, 15) is 4.79 Å². The second kappa shape index (κ2) is 5.47. The van der Waals surface area contributed by atoms with Gasteiger partial charge in [-0.2, -0.15) is 0 Å². The molecule has 0 atom stereocenters. The first kappa shape index (κ1) is 13.5. The lowest BCUT2D eigenvalue weighted by Gasteiger charge is -2.08. The topological polar surface area (TPSA) is 87.5 Å². The van der Waals surface area contributed by atoms with Gasteiger partial charge in [0.15, 0.2) is 0 Å². The van der Waals surface area contributed by atoms with Gasteiger partial charge in [-0.1, -0.05) is 12.1 Å². The smallest absolute Gasteiger partial charge is 0.512 e. The molecule has 0 aliphatic carbocycles. The van der Waals surface area contributed by atoms with Crippen LogP contribution in [0.15, 0.2) is 53.6 Å². The van der Waals surface area contributed by atoms with Crippen LogP contribution in [0, 0.1) is 0 Å². The molecule has 0 radical (unpaired) electrons. The van der Waals surface area contributed by atoms with Crippen molar-refractivity contribution in [3.63, 3.8) is 0 Å². The van der Waals surface area contributed by atoms with E-state index in [0.29, 0.717) is 17.7 Å². The summed E-state index contributed by atoms with van der Waals surface area (Å²) in [5, 5.41) is 18.1. The predicted octanol–water partition coefficient (Wildman–Crippen LogP) is 0.726. The number of nitrogens with one attached hydrogen (secondary N) is 1. The molecule has 21 heavy (non-hydrogen) atoms. The van der Waals surface area contributed by atoms with Crippen molar-refractivity contribution in [2.75, 3.05) is 0 Å². The zero-order valence-corrected chi connectivity index (χ0v) is 11.1. The minimum atomic E-state index is -1.82. The molecule has 3 aromatic rings. The highest BCUT2D eigenvalue weighted by molar-refractivity contribution is 6.33. The van der Waals surface area contributed by atoms with Gasteiger partial charge in [0.05, 0.1) is 10.9 Å². The highest BCUT2D eigenvalue weighted by atomic mass is 16.6. The zero-order valence-electron chi connectivity index (χ0n) is 11.1. The summed E-state index contributed by atoms with van der Waals surface area (Å²) in [6, 6.07) is 10.6. The lowest BCUT2D eigenvalue weighted by molar-refractivity contribution is 0.288. The summed E-state index contributed by atoms with van der Waals surface area (Å²) in [6.45, 7) is 0.606. The van der Waals surface area contributed by atoms with Crippen LogP contribution in [0.2, 0.25) is 0 Å². The van der Waals surface area contributed by atoms with Crippen molar-refractivity contribution in [3.8, 4) is 5.75 Å². The number of pyridine rings is 1. The van der Waals surface area contributed by atoms with Crippen molar-refractivity contribution in [1.29, 1.82) is 0 Å². The van der Waals surface area contributed by atoms with Crippen molar-refractivity contribution in [2.24, 2.45) is 0 Å². The number of hydrogen-bond donors (Lipinski definition) is 3. The molecule has 0 aliphatic rings. The van der Waals surface area contributed by atoms with Crippen LogP contribution in [0.25, 0.3) is 10.9 Å². The van der Waals surface area contributed by atoms with Crippen LogP contribution < -0.4 is 10.2 Å². The fraction of sp³-hybridized carbons (Fsp3) is 0.0714. The van der Waals surface area contributed by atoms with E-state index in [0.717, 1.165) is 11.1 Å². The molecule has 0 saturated heterocycles. The molecule has 3 rings (SSSR count). The van der Waals surface area contributed by atoms with Gasteiger partial charge in [0.2, 0.25) is 0 Å². The summed E-state index contributed by atoms with van der Waals surface area (Å²) < 4.78 is 6.72. The molecule has 0 aliphatic heterocycles. The number of rotatable bonds is 4. The van der Waals surface area contributed by atoms with Crippen molar-refractivity contribution in [3.05, 3.63) is 64.7 Å². The number of aromatic amines is 1. The van der Waals surface area contributed by atoms with Gasteiger partial charge >= 0.3 is 7.32 Å². The Morgan fingerprint density at radius 2 is 1.90 bits per heavy atom. The van der Waals surface area contributed by atoms with Crippen LogP contribution in [0.5, 0.6) is 5.75 Å². The molecular weight excluding hydrogens is 271 g/mol. The van der Waals surface area contributed by atoms with Crippen LogP contribution in [-0.2, 0) is 6.54 Å². The Bertz CT molecular complexity index is 808. The molecule has 6 nitrogen and oxygen atoms in total. The van der Waals surface area contributed by atoms with Crippen LogP contribution in [0.1, 0.15) is 5.56 Å². The van der Waals surface area contributed by atoms with E-state index in [1.807, 2.05) is 29.0 Å². The van der Waals surface area contributed by atoms with Gasteiger partial charge in [0.25, 0.3) is 5.56 Å². The van der Waals surface area contributed by atoms with Crippen molar-refractivity contribution >= 4 is 18.2 Å². The standard InChI is InChI=1S/C14H13BN2O4/c18-14-12-6-8-17(13(12)5-7-16-14)9-10-1-3-11(4-2-10)21-15(19)20/h1-8,19-20H,9H2,(H,16,18). The lowest BCUT2D eigenvalue weighted by Crippen LogP contribution is -2.20. The maximum Gasteiger partial charge on any atom is 0.707 e. The molecule has 1 aromatic carbocycles. The van der Waals surface area contributed by atoms with Gasteiger partial charge in [-0.15, -0.1) is 0 Å². The second-order valence-corrected chi connectivity index (χ2v) is 4.64. The summed E-state index contributed by atoms with van der Waals surface area (Å²) in [5.74, 6) is 0.377. The summed E-state index contributed by atoms with van der Waals surface area (Å²) in [7, 11) is -1.82. The largest absolute Gasteiger partial charge is 0.707 e. The monoisotopic (exact) mass is 284 g/mol. The molecule has 0 bridgehead atoms. The highest BCUT2D eigenvalue weighted by Crippen LogP contribution is 2.16. The first-order chi connectivity index (χ1) is 10.1. The lowest BCUT2D eigenvalue weighted by atomic mass is 10.2. The van der Waals surface area contributed by atoms with Gasteiger partial charge < -0.3 is 24.3 Å². The molecule has 3 N–H and O–H groups in total. The average Bonchev–Trinajstić information content (AvgIpc) is 2.85. The number of benzene rings is 1. The first-order valence-corrected chi connectivity index (χ1v) is 6.42. The predicted molar refractivity (Wildman–Crippen MR) is 78.9 cm³/mol. The molecule has 0 spiro atoms. The van der Waals surface area contributed by atoms with Gasteiger partial charge in [-0.25, -0.2) is 0 Å². The van der Waals surface area contributed by atoms with E-state index in [4.69, 9.17) is 14.7 Å². The molecule has 106 valence electrons. The van der Waals surface area contributed by atoms with Gasteiger partial charge in [-0.3, -0.25) is 4.79 Å². The SMILES string of the molecule is O=c1[nH]ccc2c1ccn2Cc1ccc(OB(O)O)cc1. The van der Waals surface area contributed by atoms with Crippen LogP contribution in [-0.4, -0.2) is 26.9 Å². The molecule has 0 unspecified atom stereocenters. The van der Waals surface area contributed by atoms with E-state index in [-0.39, 0.29) is 5.56 Å². The Morgan fingerprint density at radius 3 is 2.62 bits per heavy atom. The van der Waals surface area contributed by atoms with Crippen molar-refractivity contribution in [1.82, 2.24) is 9.55 Å². The van der Waals surface area contributed by atoms with Crippen LogP contribution in [0.4, 0.5) is 0 Å². The van der Waals surface area contributed by atoms with Gasteiger partial charge in [0.1, 0.15) is 5.75 Å². The molecule has 2 aromatic heterocycles. The van der Waals surface area contributed by atoms with Crippen molar-refractivity contribution in [2.45, 2.75) is 6.54 Å². The summed E-state index contributed by atoms with van der Waals surface area (Å²) in [5.41, 5.74) is 1.77. The highest BCUT2D eigenvalue weighted by Gasteiger charge is 2.10. The van der Waals surface area contributed by atoms with Crippen LogP contribution in [0.3, 0.4) is 0 Å². The van der Waals surface area contributed by atoms with E-state index in [1.165, 1.54) is 0 Å². The number of nitrogens with zero attached hydrogens (tertiary/aromatic N) is 1. The van der Waals surface area contributed by atoms with Crippen molar-refractivity contribution < 1.29 is 14.7 Å². The number of fused-ring (bicyclic) bond motifs is 1. The zero-order chi connectivity index (χ0) is 14.8. The molecule has 0 fully saturated rings. The second-order valence-electron chi connectivity index (χ2n) is 4.64. The van der Waals surface area contributed by atoms with Gasteiger partial charge in [-0.05, 0) is 29.8 Å². The third-order valence-corrected chi connectivity index (χ3v) is 3.22. The maximum absolute atomic E-state index is 11.7. The number of aromatic nitrogens is 2. The Hall–Kier alpha value is -2.51. The summed E-state index contributed by atoms with van der Waals surface area (Å²) in [6.07, 6.45) is 3.49. The van der Waals surface area contributed by atoms with E-state index >= 15 is 0 Å². The quantitative estimate of drug-likeness (QED) is 0.616. The Kier molecular flexibility index (Phi) is 3.51. The van der Waals surface area contributed by atoms with Gasteiger partial charge in [0, 0.05) is 18.9 Å². The third-order valence-electron chi connectivity index (χ3n) is 3.22. The molecule has 0 amide bonds. The number of hydrogen-bond acceptors (Lipinski definition) is 4. The van der Waals surface area contributed by atoms with E-state index in [2.05, 4.69) is 4.98 Å². The molecular formula is C14H13BN2O4. The fourth-order valence-corrected chi connectivity index (χ4v) is 2.27. The molecule has 7 heteroatoms. The number of H-pyrrole nitrogens is 1. The summed E-state index contributed by atoms with van der Waals surface area (Å²) >= 11 is 0.